The number of carbonyl (C=O) groups excluding carboxylic acids is 1. The third-order valence-electron chi connectivity index (χ3n) is 4.77. The maximum atomic E-state index is 12.4. The summed E-state index contributed by atoms with van der Waals surface area (Å²) in [6.45, 7) is 1.32. The van der Waals surface area contributed by atoms with Crippen molar-refractivity contribution < 1.29 is 14.5 Å². The number of amides is 1. The number of carbonyl (C=O) groups is 1. The minimum Gasteiger partial charge on any atom is -0.376 e. The number of hydrogen-bond acceptors (Lipinski definition) is 8. The van der Waals surface area contributed by atoms with Gasteiger partial charge in [-0.2, -0.15) is 0 Å². The highest BCUT2D eigenvalue weighted by atomic mass is 32.2. The Morgan fingerprint density at radius 3 is 2.81 bits per heavy atom. The van der Waals surface area contributed by atoms with Crippen molar-refractivity contribution in [3.8, 4) is 11.4 Å². The monoisotopic (exact) mass is 440 g/mol. The smallest absolute Gasteiger partial charge is 0.292 e. The number of para-hydroxylation sites is 2. The van der Waals surface area contributed by atoms with E-state index in [9.17, 15) is 14.9 Å². The van der Waals surface area contributed by atoms with Gasteiger partial charge in [0.15, 0.2) is 11.0 Å². The molecular formula is C20H20N6O4S. The molecule has 0 spiro atoms. The largest absolute Gasteiger partial charge is 0.376 e. The fraction of sp³-hybridized carbons (Fsp3) is 0.300. The molecule has 0 bridgehead atoms. The van der Waals surface area contributed by atoms with Crippen molar-refractivity contribution >= 4 is 29.0 Å². The molecule has 3 heterocycles. The van der Waals surface area contributed by atoms with E-state index < -0.39 is 4.92 Å². The summed E-state index contributed by atoms with van der Waals surface area (Å²) >= 11 is 1.22. The second-order valence-corrected chi connectivity index (χ2v) is 7.84. The molecule has 4 rings (SSSR count). The first-order valence-corrected chi connectivity index (χ1v) is 10.7. The number of hydrogen-bond donors (Lipinski definition) is 1. The lowest BCUT2D eigenvalue weighted by Gasteiger charge is -2.14. The molecule has 1 fully saturated rings. The molecule has 3 aromatic rings. The average molecular weight is 440 g/mol. The molecule has 0 radical (unpaired) electrons. The number of aromatic nitrogens is 4. The number of nitrogens with one attached hydrogen (secondary N) is 1. The Balaban J connectivity index is 1.49. The topological polar surface area (TPSA) is 125 Å². The molecule has 1 aromatic carbocycles. The number of anilines is 1. The van der Waals surface area contributed by atoms with E-state index in [-0.39, 0.29) is 29.1 Å². The van der Waals surface area contributed by atoms with Gasteiger partial charge in [0.25, 0.3) is 5.69 Å². The van der Waals surface area contributed by atoms with Crippen molar-refractivity contribution in [1.29, 1.82) is 0 Å². The van der Waals surface area contributed by atoms with Crippen molar-refractivity contribution in [2.45, 2.75) is 30.6 Å². The molecule has 10 nitrogen and oxygen atoms in total. The van der Waals surface area contributed by atoms with Gasteiger partial charge < -0.3 is 10.1 Å². The van der Waals surface area contributed by atoms with Crippen LogP contribution >= 0.6 is 11.8 Å². The van der Waals surface area contributed by atoms with Crippen LogP contribution in [0.15, 0.2) is 53.9 Å². The van der Waals surface area contributed by atoms with Crippen LogP contribution in [0.5, 0.6) is 0 Å². The first kappa shape index (κ1) is 20.9. The van der Waals surface area contributed by atoms with Crippen LogP contribution in [-0.4, -0.2) is 49.0 Å². The summed E-state index contributed by atoms with van der Waals surface area (Å²) in [7, 11) is 0. The third-order valence-corrected chi connectivity index (χ3v) is 5.74. The molecule has 1 N–H and O–H groups in total. The molecule has 0 aliphatic carbocycles. The van der Waals surface area contributed by atoms with Crippen molar-refractivity contribution in [2.75, 3.05) is 17.7 Å². The highest BCUT2D eigenvalue weighted by molar-refractivity contribution is 7.99. The predicted molar refractivity (Wildman–Crippen MR) is 115 cm³/mol. The van der Waals surface area contributed by atoms with E-state index in [2.05, 4.69) is 20.5 Å². The zero-order chi connectivity index (χ0) is 21.6. The maximum absolute atomic E-state index is 12.4. The van der Waals surface area contributed by atoms with E-state index in [1.54, 1.807) is 24.5 Å². The maximum Gasteiger partial charge on any atom is 0.292 e. The number of nitro groups is 1. The van der Waals surface area contributed by atoms with Gasteiger partial charge in [-0.25, -0.2) is 0 Å². The summed E-state index contributed by atoms with van der Waals surface area (Å²) in [5.74, 6) is 0.349. The van der Waals surface area contributed by atoms with E-state index in [0.717, 1.165) is 25.0 Å². The standard InChI is InChI=1S/C20H20N6O4S/c27-18(22-16-5-1-2-6-17(16)26(28)29)13-31-20-24-23-19(14-7-9-21-10-8-14)25(20)12-15-4-3-11-30-15/h1-2,5-10,15H,3-4,11-13H2,(H,22,27). The predicted octanol–water partition coefficient (Wildman–Crippen LogP) is 3.16. The minimum atomic E-state index is -0.526. The van der Waals surface area contributed by atoms with E-state index in [1.165, 1.54) is 23.9 Å². The highest BCUT2D eigenvalue weighted by Gasteiger charge is 2.22. The Labute approximate surface area is 182 Å². The molecule has 1 aliphatic heterocycles. The fourth-order valence-corrected chi connectivity index (χ4v) is 4.07. The van der Waals surface area contributed by atoms with Gasteiger partial charge in [0, 0.05) is 30.6 Å². The number of nitro benzene ring substituents is 1. The van der Waals surface area contributed by atoms with Crippen LogP contribution < -0.4 is 5.32 Å². The lowest BCUT2D eigenvalue weighted by Crippen LogP contribution is -2.18. The Bertz CT molecular complexity index is 1070. The molecule has 31 heavy (non-hydrogen) atoms. The lowest BCUT2D eigenvalue weighted by atomic mass is 10.2. The SMILES string of the molecule is O=C(CSc1nnc(-c2ccncc2)n1CC1CCCO1)Nc1ccccc1[N+](=O)[O-]. The van der Waals surface area contributed by atoms with Crippen LogP contribution in [0.1, 0.15) is 12.8 Å². The van der Waals surface area contributed by atoms with Gasteiger partial charge in [0.2, 0.25) is 5.91 Å². The van der Waals surface area contributed by atoms with E-state index in [4.69, 9.17) is 4.74 Å². The van der Waals surface area contributed by atoms with Gasteiger partial charge >= 0.3 is 0 Å². The van der Waals surface area contributed by atoms with Gasteiger partial charge in [0.1, 0.15) is 5.69 Å². The average Bonchev–Trinajstić information content (AvgIpc) is 3.43. The second kappa shape index (κ2) is 9.67. The molecule has 11 heteroatoms. The number of benzene rings is 1. The quantitative estimate of drug-likeness (QED) is 0.322. The van der Waals surface area contributed by atoms with Gasteiger partial charge in [-0.05, 0) is 31.0 Å². The number of pyridine rings is 1. The van der Waals surface area contributed by atoms with Gasteiger partial charge in [-0.3, -0.25) is 24.5 Å². The van der Waals surface area contributed by atoms with Crippen LogP contribution in [0, 0.1) is 10.1 Å². The van der Waals surface area contributed by atoms with Gasteiger partial charge in [-0.1, -0.05) is 23.9 Å². The van der Waals surface area contributed by atoms with Crippen molar-refractivity contribution in [1.82, 2.24) is 19.7 Å². The number of nitrogens with zero attached hydrogens (tertiary/aromatic N) is 5. The van der Waals surface area contributed by atoms with Gasteiger partial charge in [0.05, 0.1) is 23.3 Å². The number of thioether (sulfide) groups is 1. The number of rotatable bonds is 8. The van der Waals surface area contributed by atoms with Crippen molar-refractivity contribution in [2.24, 2.45) is 0 Å². The normalized spacial score (nSPS) is 15.7. The van der Waals surface area contributed by atoms with Gasteiger partial charge in [-0.15, -0.1) is 10.2 Å². The van der Waals surface area contributed by atoms with E-state index >= 15 is 0 Å². The molecule has 1 atom stereocenters. The summed E-state index contributed by atoms with van der Waals surface area (Å²) in [6.07, 6.45) is 5.41. The fourth-order valence-electron chi connectivity index (χ4n) is 3.32. The molecule has 0 saturated carbocycles. The van der Waals surface area contributed by atoms with Crippen molar-refractivity contribution in [3.63, 3.8) is 0 Å². The zero-order valence-electron chi connectivity index (χ0n) is 16.5. The second-order valence-electron chi connectivity index (χ2n) is 6.90. The summed E-state index contributed by atoms with van der Waals surface area (Å²) in [5, 5.41) is 22.9. The molecule has 160 valence electrons. The van der Waals surface area contributed by atoms with E-state index in [0.29, 0.717) is 17.5 Å². The summed E-state index contributed by atoms with van der Waals surface area (Å²) in [4.78, 5) is 27.1. The van der Waals surface area contributed by atoms with Crippen LogP contribution in [0.4, 0.5) is 11.4 Å². The third kappa shape index (κ3) is 5.06. The first-order chi connectivity index (χ1) is 15.1. The summed E-state index contributed by atoms with van der Waals surface area (Å²) in [6, 6.07) is 9.74. The Kier molecular flexibility index (Phi) is 6.53. The summed E-state index contributed by atoms with van der Waals surface area (Å²) < 4.78 is 7.72. The summed E-state index contributed by atoms with van der Waals surface area (Å²) in [5.41, 5.74) is 0.885. The molecule has 1 amide bonds. The highest BCUT2D eigenvalue weighted by Crippen LogP contribution is 2.27. The minimum absolute atomic E-state index is 0.0338. The van der Waals surface area contributed by atoms with Crippen LogP contribution in [0.3, 0.4) is 0 Å². The molecule has 1 aliphatic rings. The molecule has 2 aromatic heterocycles. The Morgan fingerprint density at radius 2 is 2.06 bits per heavy atom. The number of ether oxygens (including phenoxy) is 1. The molecular weight excluding hydrogens is 420 g/mol. The van der Waals surface area contributed by atoms with Crippen LogP contribution in [0.2, 0.25) is 0 Å². The Hall–Kier alpha value is -3.31. The molecule has 1 unspecified atom stereocenters. The van der Waals surface area contributed by atoms with Crippen LogP contribution in [0.25, 0.3) is 11.4 Å². The molecule has 1 saturated heterocycles. The van der Waals surface area contributed by atoms with Crippen molar-refractivity contribution in [3.05, 3.63) is 58.9 Å². The first-order valence-electron chi connectivity index (χ1n) is 9.73. The van der Waals surface area contributed by atoms with E-state index in [1.807, 2.05) is 16.7 Å². The lowest BCUT2D eigenvalue weighted by molar-refractivity contribution is -0.383. The van der Waals surface area contributed by atoms with Crippen LogP contribution in [-0.2, 0) is 16.1 Å². The zero-order valence-corrected chi connectivity index (χ0v) is 17.3. The Morgan fingerprint density at radius 1 is 1.26 bits per heavy atom.